The van der Waals surface area contributed by atoms with E-state index in [-0.39, 0.29) is 18.3 Å². The van der Waals surface area contributed by atoms with Crippen LogP contribution in [0.4, 0.5) is 0 Å². The van der Waals surface area contributed by atoms with Crippen LogP contribution in [-0.4, -0.2) is 37.0 Å². The molecule has 1 aliphatic heterocycles. The van der Waals surface area contributed by atoms with Crippen molar-refractivity contribution in [3.63, 3.8) is 0 Å². The maximum atomic E-state index is 12.7. The van der Waals surface area contributed by atoms with Gasteiger partial charge < -0.3 is 15.0 Å². The first-order valence-corrected chi connectivity index (χ1v) is 7.42. The van der Waals surface area contributed by atoms with Gasteiger partial charge in [0.25, 0.3) is 0 Å². The molecule has 1 unspecified atom stereocenters. The molecule has 1 saturated carbocycles. The van der Waals surface area contributed by atoms with Crippen LogP contribution in [0.2, 0.25) is 0 Å². The van der Waals surface area contributed by atoms with E-state index in [9.17, 15) is 4.79 Å². The highest BCUT2D eigenvalue weighted by molar-refractivity contribution is 5.85. The number of amides is 1. The van der Waals surface area contributed by atoms with Gasteiger partial charge in [-0.05, 0) is 31.9 Å². The summed E-state index contributed by atoms with van der Waals surface area (Å²) in [6, 6.07) is 8.42. The predicted molar refractivity (Wildman–Crippen MR) is 84.8 cm³/mol. The van der Waals surface area contributed by atoms with Gasteiger partial charge in [0.15, 0.2) is 0 Å². The Hall–Kier alpha value is -1.26. The minimum Gasteiger partial charge on any atom is -0.496 e. The smallest absolute Gasteiger partial charge is 0.227 e. The molecule has 5 heteroatoms. The van der Waals surface area contributed by atoms with E-state index in [0.717, 1.165) is 43.7 Å². The molecule has 0 spiro atoms. The number of hydrogen-bond donors (Lipinski definition) is 1. The molecule has 2 fully saturated rings. The second-order valence-corrected chi connectivity index (χ2v) is 5.70. The van der Waals surface area contributed by atoms with E-state index in [1.807, 2.05) is 24.3 Å². The van der Waals surface area contributed by atoms with Crippen molar-refractivity contribution in [2.75, 3.05) is 20.2 Å². The van der Waals surface area contributed by atoms with Gasteiger partial charge in [0.1, 0.15) is 5.75 Å². The maximum Gasteiger partial charge on any atom is 0.227 e. The van der Waals surface area contributed by atoms with Crippen molar-refractivity contribution in [3.05, 3.63) is 29.8 Å². The molecule has 0 aromatic heterocycles. The topological polar surface area (TPSA) is 41.6 Å². The molecule has 0 bridgehead atoms. The van der Waals surface area contributed by atoms with E-state index < -0.39 is 0 Å². The third kappa shape index (κ3) is 3.69. The number of halogens is 1. The second kappa shape index (κ2) is 7.14. The van der Waals surface area contributed by atoms with Crippen molar-refractivity contribution in [2.24, 2.45) is 5.92 Å². The second-order valence-electron chi connectivity index (χ2n) is 5.70. The molecule has 1 aliphatic carbocycles. The standard InChI is InChI=1S/C16H22N2O2.ClH/c1-20-15-5-3-2-4-13(15)11-18(14-6-7-14)16(19)12-8-9-17-10-12;/h2-5,12,14,17H,6-11H2,1H3;1H. The number of carbonyl (C=O) groups excluding carboxylic acids is 1. The highest BCUT2D eigenvalue weighted by Gasteiger charge is 2.36. The third-order valence-corrected chi connectivity index (χ3v) is 4.21. The Labute approximate surface area is 132 Å². The van der Waals surface area contributed by atoms with E-state index >= 15 is 0 Å². The summed E-state index contributed by atoms with van der Waals surface area (Å²) >= 11 is 0. The van der Waals surface area contributed by atoms with Crippen LogP contribution in [-0.2, 0) is 11.3 Å². The molecular weight excluding hydrogens is 288 g/mol. The molecular formula is C16H23ClN2O2. The monoisotopic (exact) mass is 310 g/mol. The molecule has 1 amide bonds. The number of para-hydroxylation sites is 1. The lowest BCUT2D eigenvalue weighted by molar-refractivity contribution is -0.136. The van der Waals surface area contributed by atoms with Crippen LogP contribution >= 0.6 is 12.4 Å². The first-order chi connectivity index (χ1) is 9.79. The predicted octanol–water partition coefficient (Wildman–Crippen LogP) is 2.22. The summed E-state index contributed by atoms with van der Waals surface area (Å²) in [5.74, 6) is 1.34. The highest BCUT2D eigenvalue weighted by Crippen LogP contribution is 2.32. The van der Waals surface area contributed by atoms with Crippen molar-refractivity contribution in [1.82, 2.24) is 10.2 Å². The van der Waals surface area contributed by atoms with Crippen LogP contribution in [0.3, 0.4) is 0 Å². The lowest BCUT2D eigenvalue weighted by Gasteiger charge is -2.26. The number of hydrogen-bond acceptors (Lipinski definition) is 3. The molecule has 1 heterocycles. The Morgan fingerprint density at radius 1 is 1.33 bits per heavy atom. The summed E-state index contributed by atoms with van der Waals surface area (Å²) in [6.07, 6.45) is 3.25. The minimum atomic E-state index is 0. The van der Waals surface area contributed by atoms with Gasteiger partial charge in [-0.1, -0.05) is 18.2 Å². The van der Waals surface area contributed by atoms with Crippen molar-refractivity contribution in [2.45, 2.75) is 31.8 Å². The number of nitrogens with zero attached hydrogens (tertiary/aromatic N) is 1. The van der Waals surface area contributed by atoms with E-state index in [2.05, 4.69) is 10.2 Å². The molecule has 1 N–H and O–H groups in total. The number of methoxy groups -OCH3 is 1. The van der Waals surface area contributed by atoms with Gasteiger partial charge in [0.05, 0.1) is 13.0 Å². The van der Waals surface area contributed by atoms with Crippen LogP contribution in [0.25, 0.3) is 0 Å². The van der Waals surface area contributed by atoms with Gasteiger partial charge in [0, 0.05) is 24.7 Å². The number of carbonyl (C=O) groups is 1. The number of rotatable bonds is 5. The molecule has 1 saturated heterocycles. The summed E-state index contributed by atoms with van der Waals surface area (Å²) in [5.41, 5.74) is 1.10. The van der Waals surface area contributed by atoms with Crippen molar-refractivity contribution in [1.29, 1.82) is 0 Å². The molecule has 3 rings (SSSR count). The van der Waals surface area contributed by atoms with E-state index in [1.54, 1.807) is 7.11 Å². The van der Waals surface area contributed by atoms with Gasteiger partial charge >= 0.3 is 0 Å². The highest BCUT2D eigenvalue weighted by atomic mass is 35.5. The van der Waals surface area contributed by atoms with Crippen molar-refractivity contribution in [3.8, 4) is 5.75 Å². The SMILES string of the molecule is COc1ccccc1CN(C(=O)C1CCNC1)C1CC1.Cl. The Balaban J connectivity index is 0.00000161. The van der Waals surface area contributed by atoms with Gasteiger partial charge in [-0.2, -0.15) is 0 Å². The molecule has 21 heavy (non-hydrogen) atoms. The molecule has 2 aliphatic rings. The lowest BCUT2D eigenvalue weighted by Crippen LogP contribution is -2.38. The van der Waals surface area contributed by atoms with E-state index in [0.29, 0.717) is 18.5 Å². The van der Waals surface area contributed by atoms with Crippen LogP contribution in [0.5, 0.6) is 5.75 Å². The summed E-state index contributed by atoms with van der Waals surface area (Å²) in [6.45, 7) is 2.46. The Bertz CT molecular complexity index is 485. The molecule has 0 radical (unpaired) electrons. The summed E-state index contributed by atoms with van der Waals surface area (Å²) in [4.78, 5) is 14.7. The normalized spacial score (nSPS) is 20.7. The van der Waals surface area contributed by atoms with Crippen LogP contribution in [0.15, 0.2) is 24.3 Å². The average molecular weight is 311 g/mol. The van der Waals surface area contributed by atoms with Crippen molar-refractivity contribution < 1.29 is 9.53 Å². The fourth-order valence-electron chi connectivity index (χ4n) is 2.89. The van der Waals surface area contributed by atoms with Gasteiger partial charge in [0.2, 0.25) is 5.91 Å². The van der Waals surface area contributed by atoms with Crippen molar-refractivity contribution >= 4 is 18.3 Å². The minimum absolute atomic E-state index is 0. The zero-order valence-corrected chi connectivity index (χ0v) is 13.2. The van der Waals surface area contributed by atoms with E-state index in [1.165, 1.54) is 0 Å². The lowest BCUT2D eigenvalue weighted by atomic mass is 10.1. The molecule has 1 aromatic carbocycles. The van der Waals surface area contributed by atoms with Gasteiger partial charge in [-0.3, -0.25) is 4.79 Å². The zero-order chi connectivity index (χ0) is 13.9. The third-order valence-electron chi connectivity index (χ3n) is 4.21. The van der Waals surface area contributed by atoms with Crippen LogP contribution in [0.1, 0.15) is 24.8 Å². The van der Waals surface area contributed by atoms with Gasteiger partial charge in [-0.15, -0.1) is 12.4 Å². The number of nitrogens with one attached hydrogen (secondary N) is 1. The van der Waals surface area contributed by atoms with Crippen LogP contribution < -0.4 is 10.1 Å². The van der Waals surface area contributed by atoms with Gasteiger partial charge in [-0.25, -0.2) is 0 Å². The fourth-order valence-corrected chi connectivity index (χ4v) is 2.89. The maximum absolute atomic E-state index is 12.7. The Kier molecular flexibility index (Phi) is 5.48. The number of ether oxygens (including phenoxy) is 1. The summed E-state index contributed by atoms with van der Waals surface area (Å²) < 4.78 is 5.40. The van der Waals surface area contributed by atoms with E-state index in [4.69, 9.17) is 4.74 Å². The fraction of sp³-hybridized carbons (Fsp3) is 0.562. The average Bonchev–Trinajstić information content (AvgIpc) is 3.17. The summed E-state index contributed by atoms with van der Waals surface area (Å²) in [5, 5.41) is 3.28. The molecule has 116 valence electrons. The molecule has 1 atom stereocenters. The first kappa shape index (κ1) is 16.1. The Morgan fingerprint density at radius 3 is 2.71 bits per heavy atom. The first-order valence-electron chi connectivity index (χ1n) is 7.42. The quantitative estimate of drug-likeness (QED) is 0.906. The zero-order valence-electron chi connectivity index (χ0n) is 12.4. The molecule has 1 aromatic rings. The largest absolute Gasteiger partial charge is 0.496 e. The number of benzene rings is 1. The van der Waals surface area contributed by atoms with Crippen LogP contribution in [0, 0.1) is 5.92 Å². The Morgan fingerprint density at radius 2 is 2.10 bits per heavy atom. The summed E-state index contributed by atoms with van der Waals surface area (Å²) in [7, 11) is 1.68. The molecule has 4 nitrogen and oxygen atoms in total.